The molecule has 0 fully saturated rings. The summed E-state index contributed by atoms with van der Waals surface area (Å²) in [7, 11) is 1.87. The monoisotopic (exact) mass is 336 g/mol. The molecule has 4 nitrogen and oxygen atoms in total. The number of nitrogens with one attached hydrogen (secondary N) is 1. The zero-order valence-electron chi connectivity index (χ0n) is 12.4. The van der Waals surface area contributed by atoms with E-state index in [4.69, 9.17) is 11.6 Å². The smallest absolute Gasteiger partial charge is 0.238 e. The second-order valence-electron chi connectivity index (χ2n) is 5.06. The molecule has 0 aliphatic rings. The number of hydrogen-bond acceptors (Lipinski definition) is 4. The number of hydrogen-bond donors (Lipinski definition) is 1. The van der Waals surface area contributed by atoms with E-state index >= 15 is 0 Å². The molecule has 1 N–H and O–H groups in total. The highest BCUT2D eigenvalue weighted by atomic mass is 35.5. The number of Topliss-reactive ketones (excluding diaryl/α,β-unsaturated/α-hetero) is 1. The summed E-state index contributed by atoms with van der Waals surface area (Å²) in [5.74, 6) is -0.145. The summed E-state index contributed by atoms with van der Waals surface area (Å²) in [6, 6.07) is 10.7. The van der Waals surface area contributed by atoms with Crippen molar-refractivity contribution < 1.29 is 9.59 Å². The Hall–Kier alpha value is -1.69. The van der Waals surface area contributed by atoms with E-state index in [1.807, 2.05) is 24.1 Å². The lowest BCUT2D eigenvalue weighted by Crippen LogP contribution is -2.29. The zero-order chi connectivity index (χ0) is 16.1. The molecule has 0 saturated heterocycles. The van der Waals surface area contributed by atoms with Gasteiger partial charge >= 0.3 is 0 Å². The number of carbonyl (C=O) groups excluding carboxylic acids is 2. The summed E-state index contributed by atoms with van der Waals surface area (Å²) in [5, 5.41) is 2.80. The normalized spacial score (nSPS) is 10.7. The van der Waals surface area contributed by atoms with Crippen molar-refractivity contribution in [3.8, 4) is 0 Å². The fourth-order valence-corrected chi connectivity index (χ4v) is 3.19. The molecule has 1 amide bonds. The zero-order valence-corrected chi connectivity index (χ0v) is 14.0. The Morgan fingerprint density at radius 2 is 2.05 bits per heavy atom. The molecule has 1 aromatic carbocycles. The van der Waals surface area contributed by atoms with Gasteiger partial charge in [-0.1, -0.05) is 23.7 Å². The number of anilines is 1. The maximum absolute atomic E-state index is 12.0. The Bertz CT molecular complexity index is 684. The molecule has 116 valence electrons. The van der Waals surface area contributed by atoms with Gasteiger partial charge in [-0.15, -0.1) is 11.3 Å². The van der Waals surface area contributed by atoms with Gasteiger partial charge in [-0.2, -0.15) is 0 Å². The van der Waals surface area contributed by atoms with Gasteiger partial charge in [-0.05, 0) is 38.2 Å². The number of nitrogens with zero attached hydrogens (tertiary/aromatic N) is 1. The van der Waals surface area contributed by atoms with Gasteiger partial charge < -0.3 is 5.32 Å². The highest BCUT2D eigenvalue weighted by Crippen LogP contribution is 2.22. The van der Waals surface area contributed by atoms with Gasteiger partial charge in [-0.3, -0.25) is 14.5 Å². The quantitative estimate of drug-likeness (QED) is 0.819. The maximum Gasteiger partial charge on any atom is 0.238 e. The van der Waals surface area contributed by atoms with Gasteiger partial charge in [0.1, 0.15) is 0 Å². The van der Waals surface area contributed by atoms with Crippen LogP contribution in [-0.2, 0) is 11.3 Å². The van der Waals surface area contributed by atoms with E-state index < -0.39 is 0 Å². The van der Waals surface area contributed by atoms with Crippen molar-refractivity contribution in [1.29, 1.82) is 0 Å². The number of halogens is 1. The predicted molar refractivity (Wildman–Crippen MR) is 90.7 cm³/mol. The van der Waals surface area contributed by atoms with Crippen LogP contribution in [0.15, 0.2) is 36.4 Å². The Kier molecular flexibility index (Phi) is 5.71. The van der Waals surface area contributed by atoms with Crippen LogP contribution in [0.25, 0.3) is 0 Å². The molecule has 2 rings (SSSR count). The van der Waals surface area contributed by atoms with Crippen LogP contribution in [-0.4, -0.2) is 30.2 Å². The van der Waals surface area contributed by atoms with Crippen LogP contribution in [0.5, 0.6) is 0 Å². The van der Waals surface area contributed by atoms with Gasteiger partial charge in [0, 0.05) is 22.7 Å². The van der Waals surface area contributed by atoms with Crippen LogP contribution >= 0.6 is 22.9 Å². The minimum absolute atomic E-state index is 0.0252. The number of ketones is 1. The van der Waals surface area contributed by atoms with E-state index in [-0.39, 0.29) is 18.2 Å². The van der Waals surface area contributed by atoms with Crippen LogP contribution in [0.2, 0.25) is 4.34 Å². The molecule has 0 radical (unpaired) electrons. The first-order chi connectivity index (χ1) is 10.4. The molecule has 0 unspecified atom stereocenters. The lowest BCUT2D eigenvalue weighted by Gasteiger charge is -2.15. The van der Waals surface area contributed by atoms with Crippen molar-refractivity contribution in [3.63, 3.8) is 0 Å². The first-order valence-electron chi connectivity index (χ1n) is 6.77. The van der Waals surface area contributed by atoms with Crippen LogP contribution in [0.1, 0.15) is 22.2 Å². The van der Waals surface area contributed by atoms with Gasteiger partial charge in [0.25, 0.3) is 0 Å². The van der Waals surface area contributed by atoms with Crippen LogP contribution in [0, 0.1) is 0 Å². The summed E-state index contributed by atoms with van der Waals surface area (Å²) < 4.78 is 0.744. The Balaban J connectivity index is 1.89. The standard InChI is InChI=1S/C16H17ClN2O2S/c1-11(20)12-4-3-5-13(8-12)18-16(21)10-19(2)9-14-6-7-15(17)22-14/h3-8H,9-10H2,1-2H3,(H,18,21). The summed E-state index contributed by atoms with van der Waals surface area (Å²) in [6.45, 7) is 2.43. The first-order valence-corrected chi connectivity index (χ1v) is 7.97. The first kappa shape index (κ1) is 16.7. The summed E-state index contributed by atoms with van der Waals surface area (Å²) >= 11 is 7.40. The number of amides is 1. The summed E-state index contributed by atoms with van der Waals surface area (Å²) in [6.07, 6.45) is 0. The highest BCUT2D eigenvalue weighted by molar-refractivity contribution is 7.16. The Morgan fingerprint density at radius 3 is 2.68 bits per heavy atom. The molecule has 2 aromatic rings. The number of benzene rings is 1. The largest absolute Gasteiger partial charge is 0.325 e. The molecule has 0 aliphatic heterocycles. The van der Waals surface area contributed by atoms with Crippen molar-refractivity contribution in [2.45, 2.75) is 13.5 Å². The van der Waals surface area contributed by atoms with E-state index in [1.54, 1.807) is 24.3 Å². The Labute approximate surface area is 138 Å². The van der Waals surface area contributed by atoms with Gasteiger partial charge in [0.2, 0.25) is 5.91 Å². The third-order valence-electron chi connectivity index (χ3n) is 3.02. The van der Waals surface area contributed by atoms with E-state index in [0.717, 1.165) is 9.21 Å². The van der Waals surface area contributed by atoms with Crippen molar-refractivity contribution >= 4 is 40.3 Å². The third kappa shape index (κ3) is 4.94. The molecular formula is C16H17ClN2O2S. The van der Waals surface area contributed by atoms with Crippen molar-refractivity contribution in [3.05, 3.63) is 51.2 Å². The molecule has 6 heteroatoms. The maximum atomic E-state index is 12.0. The lowest BCUT2D eigenvalue weighted by molar-refractivity contribution is -0.117. The van der Waals surface area contributed by atoms with Gasteiger partial charge in [0.15, 0.2) is 5.78 Å². The minimum Gasteiger partial charge on any atom is -0.325 e. The van der Waals surface area contributed by atoms with Crippen LogP contribution in [0.3, 0.4) is 0 Å². The fraction of sp³-hybridized carbons (Fsp3) is 0.250. The Morgan fingerprint density at radius 1 is 1.27 bits per heavy atom. The van der Waals surface area contributed by atoms with E-state index in [2.05, 4.69) is 5.32 Å². The molecule has 0 atom stereocenters. The van der Waals surface area contributed by atoms with Crippen molar-refractivity contribution in [2.75, 3.05) is 18.9 Å². The third-order valence-corrected chi connectivity index (χ3v) is 4.24. The van der Waals surface area contributed by atoms with E-state index in [0.29, 0.717) is 17.8 Å². The topological polar surface area (TPSA) is 49.4 Å². The molecule has 1 heterocycles. The lowest BCUT2D eigenvalue weighted by atomic mass is 10.1. The van der Waals surface area contributed by atoms with Crippen LogP contribution in [0.4, 0.5) is 5.69 Å². The molecule has 22 heavy (non-hydrogen) atoms. The van der Waals surface area contributed by atoms with Gasteiger partial charge in [-0.25, -0.2) is 0 Å². The van der Waals surface area contributed by atoms with Crippen molar-refractivity contribution in [1.82, 2.24) is 4.90 Å². The molecule has 1 aromatic heterocycles. The van der Waals surface area contributed by atoms with Crippen molar-refractivity contribution in [2.24, 2.45) is 0 Å². The number of thiophene rings is 1. The molecule has 0 bridgehead atoms. The SMILES string of the molecule is CC(=O)c1cccc(NC(=O)CN(C)Cc2ccc(Cl)s2)c1. The van der Waals surface area contributed by atoms with Crippen LogP contribution < -0.4 is 5.32 Å². The average molecular weight is 337 g/mol. The van der Waals surface area contributed by atoms with Gasteiger partial charge in [0.05, 0.1) is 10.9 Å². The molecule has 0 saturated carbocycles. The van der Waals surface area contributed by atoms with E-state index in [1.165, 1.54) is 18.3 Å². The molecular weight excluding hydrogens is 320 g/mol. The minimum atomic E-state index is -0.120. The van der Waals surface area contributed by atoms with E-state index in [9.17, 15) is 9.59 Å². The average Bonchev–Trinajstić information content (AvgIpc) is 2.83. The molecule has 0 spiro atoms. The number of likely N-dealkylation sites (N-methyl/N-ethyl adjacent to an activating group) is 1. The molecule has 0 aliphatic carbocycles. The fourth-order valence-electron chi connectivity index (χ4n) is 2.02. The second-order valence-corrected chi connectivity index (χ2v) is 6.86. The second kappa shape index (κ2) is 7.54. The summed E-state index contributed by atoms with van der Waals surface area (Å²) in [4.78, 5) is 26.4. The predicted octanol–water partition coefficient (Wildman–Crippen LogP) is 3.67. The number of carbonyl (C=O) groups is 2. The summed E-state index contributed by atoms with van der Waals surface area (Å²) in [5.41, 5.74) is 1.21. The number of rotatable bonds is 6. The highest BCUT2D eigenvalue weighted by Gasteiger charge is 2.09.